The molecule has 2 aliphatic rings. The summed E-state index contributed by atoms with van der Waals surface area (Å²) in [5.74, 6) is -5.31. The molecule has 0 aliphatic carbocycles. The Labute approximate surface area is 203 Å². The molecule has 36 heavy (non-hydrogen) atoms. The van der Waals surface area contributed by atoms with Crippen molar-refractivity contribution in [1.82, 2.24) is 19.7 Å². The minimum Gasteiger partial charge on any atom is -0.475 e. The van der Waals surface area contributed by atoms with Gasteiger partial charge in [-0.15, -0.1) is 0 Å². The number of amides is 1. The van der Waals surface area contributed by atoms with Gasteiger partial charge in [-0.1, -0.05) is 6.07 Å². The number of alkyl halides is 6. The van der Waals surface area contributed by atoms with E-state index >= 15 is 0 Å². The Hall–Kier alpha value is -2.94. The number of nitrogens with zero attached hydrogens (tertiary/aromatic N) is 4. The summed E-state index contributed by atoms with van der Waals surface area (Å²) in [4.78, 5) is 41.0. The van der Waals surface area contributed by atoms with E-state index in [9.17, 15) is 31.1 Å². The molecule has 2 atom stereocenters. The summed E-state index contributed by atoms with van der Waals surface area (Å²) >= 11 is 0. The van der Waals surface area contributed by atoms with Gasteiger partial charge < -0.3 is 15.1 Å². The van der Waals surface area contributed by atoms with Crippen molar-refractivity contribution in [1.29, 1.82) is 0 Å². The van der Waals surface area contributed by atoms with Gasteiger partial charge in [0, 0.05) is 51.5 Å². The number of pyridine rings is 1. The molecule has 9 nitrogen and oxygen atoms in total. The van der Waals surface area contributed by atoms with Gasteiger partial charge in [0.1, 0.15) is 0 Å². The average molecular weight is 530 g/mol. The lowest BCUT2D eigenvalue weighted by molar-refractivity contribution is -0.193. The van der Waals surface area contributed by atoms with Crippen LogP contribution >= 0.6 is 0 Å². The highest BCUT2D eigenvalue weighted by atomic mass is 19.4. The highest BCUT2D eigenvalue weighted by molar-refractivity contribution is 5.77. The van der Waals surface area contributed by atoms with Crippen LogP contribution in [-0.4, -0.2) is 106 Å². The minimum absolute atomic E-state index is 0.208. The van der Waals surface area contributed by atoms with Crippen LogP contribution in [0.2, 0.25) is 0 Å². The molecule has 3 rings (SSSR count). The highest BCUT2D eigenvalue weighted by Crippen LogP contribution is 2.32. The lowest BCUT2D eigenvalue weighted by atomic mass is 10.1. The number of halogens is 6. The quantitative estimate of drug-likeness (QED) is 0.571. The van der Waals surface area contributed by atoms with Gasteiger partial charge in [0.25, 0.3) is 0 Å². The van der Waals surface area contributed by atoms with Gasteiger partial charge in [-0.25, -0.2) is 9.59 Å². The number of likely N-dealkylation sites (tertiary alicyclic amines) is 2. The minimum atomic E-state index is -5.08. The van der Waals surface area contributed by atoms with Crippen molar-refractivity contribution in [3.8, 4) is 0 Å². The number of aliphatic carboxylic acids is 2. The number of aromatic nitrogens is 1. The van der Waals surface area contributed by atoms with Crippen LogP contribution in [0.4, 0.5) is 26.3 Å². The Kier molecular flexibility index (Phi) is 11.1. The molecule has 0 spiro atoms. The van der Waals surface area contributed by atoms with E-state index in [1.165, 1.54) is 0 Å². The zero-order chi connectivity index (χ0) is 27.8. The van der Waals surface area contributed by atoms with E-state index in [-0.39, 0.29) is 5.91 Å². The number of carbonyl (C=O) groups excluding carboxylic acids is 1. The van der Waals surface area contributed by atoms with E-state index in [1.807, 2.05) is 27.1 Å². The first-order chi connectivity index (χ1) is 16.4. The molecule has 1 aromatic rings. The third-order valence-electron chi connectivity index (χ3n) is 5.44. The molecular weight excluding hydrogens is 502 g/mol. The summed E-state index contributed by atoms with van der Waals surface area (Å²) in [5.41, 5.74) is 2.24. The monoisotopic (exact) mass is 530 g/mol. The van der Waals surface area contributed by atoms with Crippen LogP contribution in [0.5, 0.6) is 0 Å². The third-order valence-corrected chi connectivity index (χ3v) is 5.44. The van der Waals surface area contributed by atoms with Gasteiger partial charge >= 0.3 is 24.3 Å². The smallest absolute Gasteiger partial charge is 0.475 e. The van der Waals surface area contributed by atoms with Crippen LogP contribution in [0.25, 0.3) is 0 Å². The standard InChI is InChI=1S/C17H26N4O.2C2HF3O2/c1-13-5-4-6-14(18-13)11-20-9-7-16-15(20)8-10-21(16)12-17(22)19(2)3;2*3-2(4,5)1(6)7/h4-6,15-16H,7-12H2,1-3H3;2*(H,6,7)/t15-,16+;;/m1../s1. The maximum Gasteiger partial charge on any atom is 0.490 e. The fourth-order valence-electron chi connectivity index (χ4n) is 3.77. The molecule has 2 N–H and O–H groups in total. The van der Waals surface area contributed by atoms with Gasteiger partial charge in [-0.05, 0) is 31.9 Å². The summed E-state index contributed by atoms with van der Waals surface area (Å²) in [6.45, 7) is 5.67. The Morgan fingerprint density at radius 1 is 0.944 bits per heavy atom. The number of rotatable bonds is 4. The molecule has 3 heterocycles. The largest absolute Gasteiger partial charge is 0.490 e. The molecule has 0 radical (unpaired) electrons. The van der Waals surface area contributed by atoms with Gasteiger partial charge in [-0.3, -0.25) is 19.6 Å². The maximum atomic E-state index is 12.0. The molecule has 0 saturated carbocycles. The van der Waals surface area contributed by atoms with Crippen molar-refractivity contribution in [2.45, 2.75) is 50.7 Å². The maximum absolute atomic E-state index is 12.0. The number of hydrogen-bond donors (Lipinski definition) is 2. The predicted molar refractivity (Wildman–Crippen MR) is 114 cm³/mol. The van der Waals surface area contributed by atoms with Crippen LogP contribution in [0, 0.1) is 6.92 Å². The second-order valence-electron chi connectivity index (χ2n) is 8.32. The number of carbonyl (C=O) groups is 3. The number of aryl methyl sites for hydroxylation is 1. The predicted octanol–water partition coefficient (Wildman–Crippen LogP) is 2.39. The molecule has 0 aromatic carbocycles. The lowest BCUT2D eigenvalue weighted by Crippen LogP contribution is -2.41. The van der Waals surface area contributed by atoms with E-state index in [2.05, 4.69) is 26.9 Å². The summed E-state index contributed by atoms with van der Waals surface area (Å²) < 4.78 is 63.5. The summed E-state index contributed by atoms with van der Waals surface area (Å²) in [7, 11) is 3.67. The fourth-order valence-corrected chi connectivity index (χ4v) is 3.77. The SMILES string of the molecule is Cc1cccc(CN2CC[C@H]3[C@H]2CCN3CC(=O)N(C)C)n1.O=C(O)C(F)(F)F.O=C(O)C(F)(F)F. The van der Waals surface area contributed by atoms with Crippen molar-refractivity contribution in [2.75, 3.05) is 33.7 Å². The van der Waals surface area contributed by atoms with Crippen LogP contribution in [-0.2, 0) is 20.9 Å². The molecule has 2 aliphatic heterocycles. The summed E-state index contributed by atoms with van der Waals surface area (Å²) in [6, 6.07) is 7.36. The number of carboxylic acids is 2. The second-order valence-corrected chi connectivity index (χ2v) is 8.32. The zero-order valence-corrected chi connectivity index (χ0v) is 19.8. The summed E-state index contributed by atoms with van der Waals surface area (Å²) in [5, 5.41) is 14.2. The van der Waals surface area contributed by atoms with Crippen molar-refractivity contribution in [3.63, 3.8) is 0 Å². The molecule has 1 aromatic heterocycles. The molecule has 0 unspecified atom stereocenters. The van der Waals surface area contributed by atoms with Gasteiger partial charge in [0.2, 0.25) is 5.91 Å². The molecule has 1 amide bonds. The van der Waals surface area contributed by atoms with Gasteiger partial charge in [0.05, 0.1) is 12.2 Å². The topological polar surface area (TPSA) is 114 Å². The van der Waals surface area contributed by atoms with Crippen molar-refractivity contribution in [2.24, 2.45) is 0 Å². The average Bonchev–Trinajstić information content (AvgIpc) is 3.31. The Bertz CT molecular complexity index is 886. The van der Waals surface area contributed by atoms with E-state index in [0.717, 1.165) is 43.9 Å². The zero-order valence-electron chi connectivity index (χ0n) is 19.8. The molecule has 2 fully saturated rings. The normalized spacial score (nSPS) is 19.9. The van der Waals surface area contributed by atoms with Crippen molar-refractivity contribution >= 4 is 17.8 Å². The fraction of sp³-hybridized carbons (Fsp3) is 0.619. The van der Waals surface area contributed by atoms with E-state index in [4.69, 9.17) is 19.8 Å². The second kappa shape index (κ2) is 12.9. The number of hydrogen-bond acceptors (Lipinski definition) is 6. The third kappa shape index (κ3) is 9.97. The Morgan fingerprint density at radius 3 is 1.81 bits per heavy atom. The van der Waals surface area contributed by atoms with Crippen LogP contribution in [0.3, 0.4) is 0 Å². The molecule has 15 heteroatoms. The Morgan fingerprint density at radius 2 is 1.39 bits per heavy atom. The molecular formula is C21H28F6N4O5. The van der Waals surface area contributed by atoms with E-state index in [0.29, 0.717) is 18.6 Å². The number of carboxylic acid groups (broad SMARTS) is 2. The summed E-state index contributed by atoms with van der Waals surface area (Å²) in [6.07, 6.45) is -7.84. The Balaban J connectivity index is 0.000000383. The van der Waals surface area contributed by atoms with Crippen LogP contribution in [0.15, 0.2) is 18.2 Å². The van der Waals surface area contributed by atoms with Crippen molar-refractivity contribution in [3.05, 3.63) is 29.6 Å². The lowest BCUT2D eigenvalue weighted by Gasteiger charge is -2.26. The molecule has 0 bridgehead atoms. The van der Waals surface area contributed by atoms with Gasteiger partial charge in [0.15, 0.2) is 0 Å². The first kappa shape index (κ1) is 31.1. The highest BCUT2D eigenvalue weighted by Gasteiger charge is 2.43. The van der Waals surface area contributed by atoms with Gasteiger partial charge in [-0.2, -0.15) is 26.3 Å². The number of likely N-dealkylation sites (N-methyl/N-ethyl adjacent to an activating group) is 1. The molecule has 2 saturated heterocycles. The van der Waals surface area contributed by atoms with E-state index < -0.39 is 24.3 Å². The molecule has 204 valence electrons. The first-order valence-corrected chi connectivity index (χ1v) is 10.6. The van der Waals surface area contributed by atoms with Crippen LogP contribution < -0.4 is 0 Å². The van der Waals surface area contributed by atoms with Crippen molar-refractivity contribution < 1.29 is 50.9 Å². The first-order valence-electron chi connectivity index (χ1n) is 10.6. The number of fused-ring (bicyclic) bond motifs is 1. The van der Waals surface area contributed by atoms with E-state index in [1.54, 1.807) is 4.90 Å². The van der Waals surface area contributed by atoms with Crippen LogP contribution in [0.1, 0.15) is 24.2 Å².